The first-order valence-corrected chi connectivity index (χ1v) is 12.7. The number of benzene rings is 2. The molecule has 0 bridgehead atoms. The van der Waals surface area contributed by atoms with Gasteiger partial charge in [0.2, 0.25) is 11.6 Å². The molecule has 0 atom stereocenters. The second-order valence-electron chi connectivity index (χ2n) is 10.1. The number of hydrogen-bond acceptors (Lipinski definition) is 4. The standard InChI is InChI=1S/C28H29F4N3O4/c1-16(2)35(26(36)18-11-9-17(3)10-12-18)22-14-21(29)23(13-20(22)27(37)38)39-24-15-34(19-7-5-4-6-8-19)33-25(24)28(30,31)32/h4-8,13-18H,9-12H2,1-3H3,(H,37,38)/t17-,18-. The number of aromatic nitrogens is 2. The Morgan fingerprint density at radius 2 is 1.72 bits per heavy atom. The van der Waals surface area contributed by atoms with Gasteiger partial charge in [-0.3, -0.25) is 4.79 Å². The average Bonchev–Trinajstić information content (AvgIpc) is 3.31. The Morgan fingerprint density at radius 1 is 1.08 bits per heavy atom. The zero-order valence-corrected chi connectivity index (χ0v) is 21.7. The lowest BCUT2D eigenvalue weighted by molar-refractivity contribution is -0.142. The molecule has 7 nitrogen and oxygen atoms in total. The summed E-state index contributed by atoms with van der Waals surface area (Å²) in [4.78, 5) is 26.9. The third-order valence-electron chi connectivity index (χ3n) is 6.85. The number of aromatic carboxylic acids is 1. The number of rotatable bonds is 7. The van der Waals surface area contributed by atoms with Gasteiger partial charge in [0.05, 0.1) is 23.1 Å². The molecular weight excluding hydrogens is 518 g/mol. The van der Waals surface area contributed by atoms with E-state index >= 15 is 4.39 Å². The van der Waals surface area contributed by atoms with E-state index in [9.17, 15) is 27.9 Å². The molecule has 1 aliphatic carbocycles. The van der Waals surface area contributed by atoms with E-state index in [4.69, 9.17) is 4.74 Å². The molecule has 1 amide bonds. The largest absolute Gasteiger partial charge is 0.478 e. The number of para-hydroxylation sites is 1. The van der Waals surface area contributed by atoms with E-state index in [0.717, 1.165) is 35.9 Å². The number of ether oxygens (including phenoxy) is 1. The van der Waals surface area contributed by atoms with Gasteiger partial charge >= 0.3 is 12.1 Å². The predicted molar refractivity (Wildman–Crippen MR) is 136 cm³/mol. The van der Waals surface area contributed by atoms with Crippen LogP contribution in [0.25, 0.3) is 5.69 Å². The minimum absolute atomic E-state index is 0.179. The number of carbonyl (C=O) groups excluding carboxylic acids is 1. The summed E-state index contributed by atoms with van der Waals surface area (Å²) < 4.78 is 62.8. The highest BCUT2D eigenvalue weighted by atomic mass is 19.4. The number of halogens is 4. The van der Waals surface area contributed by atoms with Crippen LogP contribution in [-0.4, -0.2) is 32.8 Å². The summed E-state index contributed by atoms with van der Waals surface area (Å²) in [6.45, 7) is 5.47. The van der Waals surface area contributed by atoms with E-state index in [1.54, 1.807) is 32.0 Å². The second-order valence-corrected chi connectivity index (χ2v) is 10.1. The zero-order chi connectivity index (χ0) is 28.5. The van der Waals surface area contributed by atoms with E-state index in [0.29, 0.717) is 24.4 Å². The molecule has 0 aliphatic heterocycles. The van der Waals surface area contributed by atoms with Crippen LogP contribution in [0.3, 0.4) is 0 Å². The van der Waals surface area contributed by atoms with Gasteiger partial charge in [-0.05, 0) is 57.6 Å². The highest BCUT2D eigenvalue weighted by molar-refractivity contribution is 6.03. The molecule has 0 saturated heterocycles. The van der Waals surface area contributed by atoms with Crippen molar-refractivity contribution >= 4 is 17.6 Å². The van der Waals surface area contributed by atoms with Gasteiger partial charge in [-0.2, -0.15) is 18.3 Å². The maximum Gasteiger partial charge on any atom is 0.438 e. The summed E-state index contributed by atoms with van der Waals surface area (Å²) in [6, 6.07) is 9.09. The van der Waals surface area contributed by atoms with Crippen LogP contribution in [0.4, 0.5) is 23.2 Å². The molecule has 4 rings (SSSR count). The predicted octanol–water partition coefficient (Wildman–Crippen LogP) is 7.09. The summed E-state index contributed by atoms with van der Waals surface area (Å²) in [7, 11) is 0. The van der Waals surface area contributed by atoms with Gasteiger partial charge in [-0.1, -0.05) is 25.1 Å². The molecule has 0 unspecified atom stereocenters. The summed E-state index contributed by atoms with van der Waals surface area (Å²) in [5.41, 5.74) is -1.75. The Balaban J connectivity index is 1.74. The highest BCUT2D eigenvalue weighted by Crippen LogP contribution is 2.40. The van der Waals surface area contributed by atoms with Crippen LogP contribution in [0.5, 0.6) is 11.5 Å². The molecule has 1 fully saturated rings. The second kappa shape index (κ2) is 11.1. The van der Waals surface area contributed by atoms with Crippen LogP contribution < -0.4 is 9.64 Å². The van der Waals surface area contributed by atoms with Crippen molar-refractivity contribution in [2.45, 2.75) is 58.7 Å². The van der Waals surface area contributed by atoms with Crippen LogP contribution in [0.2, 0.25) is 0 Å². The fraction of sp³-hybridized carbons (Fsp3) is 0.393. The van der Waals surface area contributed by atoms with Crippen molar-refractivity contribution in [1.82, 2.24) is 9.78 Å². The minimum atomic E-state index is -4.93. The van der Waals surface area contributed by atoms with E-state index in [-0.39, 0.29) is 17.5 Å². The van der Waals surface area contributed by atoms with E-state index in [1.165, 1.54) is 17.0 Å². The third kappa shape index (κ3) is 6.07. The molecule has 1 heterocycles. The molecule has 208 valence electrons. The molecule has 11 heteroatoms. The summed E-state index contributed by atoms with van der Waals surface area (Å²) in [5, 5.41) is 13.5. The number of carbonyl (C=O) groups is 2. The van der Waals surface area contributed by atoms with Crippen LogP contribution >= 0.6 is 0 Å². The molecular formula is C28H29F4N3O4. The van der Waals surface area contributed by atoms with Crippen molar-refractivity contribution in [3.8, 4) is 17.2 Å². The van der Waals surface area contributed by atoms with Gasteiger partial charge in [-0.15, -0.1) is 0 Å². The summed E-state index contributed by atoms with van der Waals surface area (Å²) in [6.07, 6.45) is -0.997. The number of carboxylic acid groups (broad SMARTS) is 1. The van der Waals surface area contributed by atoms with Crippen LogP contribution in [0.15, 0.2) is 48.7 Å². The lowest BCUT2D eigenvalue weighted by atomic mass is 9.82. The average molecular weight is 548 g/mol. The molecule has 1 saturated carbocycles. The number of amides is 1. The van der Waals surface area contributed by atoms with Gasteiger partial charge in [0, 0.05) is 24.1 Å². The SMILES string of the molecule is CC(C)N(c1cc(F)c(Oc2cn(-c3ccccc3)nc2C(F)(F)F)cc1C(=O)O)C(=O)[C@H]1CC[C@H](C)CC1. The van der Waals surface area contributed by atoms with Crippen molar-refractivity contribution < 1.29 is 37.0 Å². The Labute approximate surface area is 223 Å². The van der Waals surface area contributed by atoms with E-state index in [1.807, 2.05) is 0 Å². The number of alkyl halides is 3. The van der Waals surface area contributed by atoms with Crippen molar-refractivity contribution in [1.29, 1.82) is 0 Å². The quantitative estimate of drug-likeness (QED) is 0.319. The molecule has 1 aliphatic rings. The first-order valence-electron chi connectivity index (χ1n) is 12.7. The molecule has 2 aromatic carbocycles. The first-order chi connectivity index (χ1) is 18.4. The van der Waals surface area contributed by atoms with E-state index < -0.39 is 46.8 Å². The molecule has 1 aromatic heterocycles. The lowest BCUT2D eigenvalue weighted by Crippen LogP contribution is -2.43. The van der Waals surface area contributed by atoms with E-state index in [2.05, 4.69) is 12.0 Å². The van der Waals surface area contributed by atoms with Crippen molar-refractivity contribution in [3.63, 3.8) is 0 Å². The van der Waals surface area contributed by atoms with Crippen molar-refractivity contribution in [2.24, 2.45) is 11.8 Å². The molecule has 1 N–H and O–H groups in total. The Hall–Kier alpha value is -3.89. The fourth-order valence-corrected chi connectivity index (χ4v) is 4.81. The maximum atomic E-state index is 15.4. The van der Waals surface area contributed by atoms with Gasteiger partial charge in [0.15, 0.2) is 17.3 Å². The van der Waals surface area contributed by atoms with Gasteiger partial charge in [0.25, 0.3) is 0 Å². The summed E-state index contributed by atoms with van der Waals surface area (Å²) in [5.74, 6) is -4.30. The third-order valence-corrected chi connectivity index (χ3v) is 6.85. The van der Waals surface area contributed by atoms with Crippen LogP contribution in [-0.2, 0) is 11.0 Å². The highest BCUT2D eigenvalue weighted by Gasteiger charge is 2.39. The monoisotopic (exact) mass is 547 g/mol. The van der Waals surface area contributed by atoms with Crippen LogP contribution in [0.1, 0.15) is 62.5 Å². The van der Waals surface area contributed by atoms with Crippen LogP contribution in [0, 0.1) is 17.7 Å². The number of hydrogen-bond donors (Lipinski definition) is 1. The van der Waals surface area contributed by atoms with Crippen molar-refractivity contribution in [2.75, 3.05) is 4.90 Å². The number of nitrogens with zero attached hydrogens (tertiary/aromatic N) is 3. The van der Waals surface area contributed by atoms with Gasteiger partial charge < -0.3 is 14.7 Å². The minimum Gasteiger partial charge on any atom is -0.478 e. The zero-order valence-electron chi connectivity index (χ0n) is 21.7. The Morgan fingerprint density at radius 3 is 2.28 bits per heavy atom. The van der Waals surface area contributed by atoms with Gasteiger partial charge in [0.1, 0.15) is 0 Å². The first kappa shape index (κ1) is 28.1. The molecule has 0 spiro atoms. The number of anilines is 1. The number of carboxylic acids is 1. The summed E-state index contributed by atoms with van der Waals surface area (Å²) >= 11 is 0. The fourth-order valence-electron chi connectivity index (χ4n) is 4.81. The lowest BCUT2D eigenvalue weighted by Gasteiger charge is -2.34. The van der Waals surface area contributed by atoms with Crippen molar-refractivity contribution in [3.05, 3.63) is 65.7 Å². The molecule has 39 heavy (non-hydrogen) atoms. The molecule has 0 radical (unpaired) electrons. The smallest absolute Gasteiger partial charge is 0.438 e. The van der Waals surface area contributed by atoms with Gasteiger partial charge in [-0.25, -0.2) is 13.9 Å². The molecule has 3 aromatic rings. The Kier molecular flexibility index (Phi) is 7.99. The normalized spacial score (nSPS) is 17.7. The Bertz CT molecular complexity index is 1350. The topological polar surface area (TPSA) is 84.7 Å². The maximum absolute atomic E-state index is 15.4.